The zero-order valence-corrected chi connectivity index (χ0v) is 15.6. The summed E-state index contributed by atoms with van der Waals surface area (Å²) in [5.41, 5.74) is 0.507. The van der Waals surface area contributed by atoms with Crippen LogP contribution in [0.1, 0.15) is 12.8 Å². The van der Waals surface area contributed by atoms with Crippen molar-refractivity contribution in [3.8, 4) is 0 Å². The Hall–Kier alpha value is -1.66. The molecular weight excluding hydrogens is 408 g/mol. The van der Waals surface area contributed by atoms with Gasteiger partial charge in [-0.2, -0.15) is 0 Å². The molecule has 1 aromatic carbocycles. The lowest BCUT2D eigenvalue weighted by Gasteiger charge is -2.17. The summed E-state index contributed by atoms with van der Waals surface area (Å²) in [6.07, 6.45) is 5.08. The van der Waals surface area contributed by atoms with Crippen molar-refractivity contribution in [1.82, 2.24) is 4.90 Å². The Morgan fingerprint density at radius 3 is 2.44 bits per heavy atom. The minimum atomic E-state index is -0.275. The largest absolute Gasteiger partial charge is 0.325 e. The van der Waals surface area contributed by atoms with Crippen LogP contribution < -0.4 is 5.32 Å². The number of carbonyl (C=O) groups excluding carboxylic acids is 3. The van der Waals surface area contributed by atoms with Gasteiger partial charge < -0.3 is 5.32 Å². The molecule has 7 heteroatoms. The highest BCUT2D eigenvalue weighted by atomic mass is 79.9. The number of hydrogen-bond acceptors (Lipinski definition) is 3. The maximum atomic E-state index is 12.6. The molecule has 4 atom stereocenters. The summed E-state index contributed by atoms with van der Waals surface area (Å²) < 4.78 is 0.818. The lowest BCUT2D eigenvalue weighted by atomic mass is 9.85. The third-order valence-corrected chi connectivity index (χ3v) is 6.14. The van der Waals surface area contributed by atoms with Crippen LogP contribution in [0.4, 0.5) is 5.69 Å². The number of anilines is 1. The number of nitrogens with one attached hydrogen (secondary N) is 1. The number of imide groups is 1. The molecule has 0 aromatic heterocycles. The first kappa shape index (κ1) is 16.8. The average Bonchev–Trinajstić information content (AvgIpc) is 3.23. The Balaban J connectivity index is 1.38. The van der Waals surface area contributed by atoms with Crippen molar-refractivity contribution in [1.29, 1.82) is 0 Å². The molecule has 2 aliphatic carbocycles. The van der Waals surface area contributed by atoms with E-state index in [2.05, 4.69) is 33.4 Å². The minimum absolute atomic E-state index is 0.0616. The summed E-state index contributed by atoms with van der Waals surface area (Å²) in [7, 11) is 0. The molecule has 25 heavy (non-hydrogen) atoms. The van der Waals surface area contributed by atoms with E-state index in [1.165, 1.54) is 4.90 Å². The van der Waals surface area contributed by atoms with Crippen LogP contribution in [-0.4, -0.2) is 29.2 Å². The third-order valence-electron chi connectivity index (χ3n) is 5.33. The van der Waals surface area contributed by atoms with Crippen LogP contribution in [0.5, 0.6) is 0 Å². The van der Waals surface area contributed by atoms with Crippen molar-refractivity contribution in [3.63, 3.8) is 0 Å². The number of allylic oxidation sites excluding steroid dienone is 2. The maximum Gasteiger partial charge on any atom is 0.233 e. The van der Waals surface area contributed by atoms with Crippen LogP contribution in [-0.2, 0) is 14.4 Å². The average molecular weight is 424 g/mol. The van der Waals surface area contributed by atoms with Gasteiger partial charge in [-0.3, -0.25) is 19.3 Å². The Morgan fingerprint density at radius 2 is 1.84 bits per heavy atom. The molecule has 0 radical (unpaired) electrons. The summed E-state index contributed by atoms with van der Waals surface area (Å²) in [6.45, 7) is 0.115. The van der Waals surface area contributed by atoms with E-state index in [9.17, 15) is 14.4 Å². The molecule has 130 valence electrons. The number of fused-ring (bicyclic) bond motifs is 5. The van der Waals surface area contributed by atoms with E-state index in [4.69, 9.17) is 11.6 Å². The van der Waals surface area contributed by atoms with E-state index < -0.39 is 0 Å². The molecule has 0 spiro atoms. The number of amides is 3. The highest BCUT2D eigenvalue weighted by Gasteiger charge is 2.58. The number of likely N-dealkylation sites (tertiary alicyclic amines) is 1. The number of carbonyl (C=O) groups is 3. The molecule has 2 fully saturated rings. The van der Waals surface area contributed by atoms with E-state index in [1.807, 2.05) is 0 Å². The quantitative estimate of drug-likeness (QED) is 0.597. The fourth-order valence-corrected chi connectivity index (χ4v) is 4.92. The van der Waals surface area contributed by atoms with Crippen LogP contribution in [0.3, 0.4) is 0 Å². The molecule has 1 heterocycles. The number of benzene rings is 1. The van der Waals surface area contributed by atoms with Gasteiger partial charge in [0.2, 0.25) is 17.7 Å². The fourth-order valence-electron chi connectivity index (χ4n) is 4.20. The molecular formula is C18H16BrClN2O3. The summed E-state index contributed by atoms with van der Waals surface area (Å²) >= 11 is 9.39. The zero-order chi connectivity index (χ0) is 17.7. The van der Waals surface area contributed by atoms with E-state index in [-0.39, 0.29) is 54.4 Å². The Bertz CT molecular complexity index is 780. The molecule has 3 amide bonds. The summed E-state index contributed by atoms with van der Waals surface area (Å²) in [6, 6.07) is 5.16. The lowest BCUT2D eigenvalue weighted by Crippen LogP contribution is -2.35. The Kier molecular flexibility index (Phi) is 4.20. The van der Waals surface area contributed by atoms with Gasteiger partial charge in [-0.15, -0.1) is 0 Å². The van der Waals surface area contributed by atoms with Crippen LogP contribution in [0, 0.1) is 23.7 Å². The Morgan fingerprint density at radius 1 is 1.20 bits per heavy atom. The van der Waals surface area contributed by atoms with E-state index >= 15 is 0 Å². The Labute approximate surface area is 158 Å². The predicted octanol–water partition coefficient (Wildman–Crippen LogP) is 3.24. The molecule has 1 N–H and O–H groups in total. The van der Waals surface area contributed by atoms with Crippen molar-refractivity contribution in [2.45, 2.75) is 12.8 Å². The molecule has 1 saturated heterocycles. The number of halogens is 2. The second-order valence-corrected chi connectivity index (χ2v) is 8.07. The molecule has 1 aliphatic heterocycles. The standard InChI is InChI=1S/C18H16BrClN2O3/c19-11-3-4-13(12(20)8-11)21-14(23)5-6-22-17(24)15-9-1-2-10(7-9)16(15)18(22)25/h1-4,8-10,15-16H,5-7H2,(H,21,23)/t9-,10+,15-,16-/m1/s1. The van der Waals surface area contributed by atoms with Crippen LogP contribution >= 0.6 is 27.5 Å². The highest BCUT2D eigenvalue weighted by molar-refractivity contribution is 9.10. The number of nitrogens with zero attached hydrogens (tertiary/aromatic N) is 1. The topological polar surface area (TPSA) is 66.5 Å². The van der Waals surface area contributed by atoms with Gasteiger partial charge in [-0.25, -0.2) is 0 Å². The summed E-state index contributed by atoms with van der Waals surface area (Å²) in [4.78, 5) is 38.6. The molecule has 1 aromatic rings. The second kappa shape index (κ2) is 6.25. The number of rotatable bonds is 4. The molecule has 4 rings (SSSR count). The molecule has 0 unspecified atom stereocenters. The number of hydrogen-bond donors (Lipinski definition) is 1. The van der Waals surface area contributed by atoms with Crippen molar-refractivity contribution < 1.29 is 14.4 Å². The van der Waals surface area contributed by atoms with Gasteiger partial charge in [0.1, 0.15) is 0 Å². The smallest absolute Gasteiger partial charge is 0.233 e. The highest BCUT2D eigenvalue weighted by Crippen LogP contribution is 2.52. The van der Waals surface area contributed by atoms with E-state index in [0.717, 1.165) is 10.9 Å². The third kappa shape index (κ3) is 2.81. The van der Waals surface area contributed by atoms with E-state index in [0.29, 0.717) is 10.7 Å². The molecule has 2 bridgehead atoms. The fraction of sp³-hybridized carbons (Fsp3) is 0.389. The first-order chi connectivity index (χ1) is 12.0. The van der Waals surface area contributed by atoms with Crippen LogP contribution in [0.25, 0.3) is 0 Å². The van der Waals surface area contributed by atoms with Crippen LogP contribution in [0.2, 0.25) is 5.02 Å². The zero-order valence-electron chi connectivity index (χ0n) is 13.2. The second-order valence-electron chi connectivity index (χ2n) is 6.75. The SMILES string of the molecule is O=C(CCN1C(=O)[C@H]2[C@H](C1=O)[C@H]1C=C[C@@H]2C1)Nc1ccc(Br)cc1Cl. The van der Waals surface area contributed by atoms with Crippen molar-refractivity contribution >= 4 is 50.9 Å². The van der Waals surface area contributed by atoms with E-state index in [1.54, 1.807) is 18.2 Å². The lowest BCUT2D eigenvalue weighted by molar-refractivity contribution is -0.140. The van der Waals surface area contributed by atoms with Gasteiger partial charge >= 0.3 is 0 Å². The summed E-state index contributed by atoms with van der Waals surface area (Å²) in [5.74, 6) is -0.581. The minimum Gasteiger partial charge on any atom is -0.325 e. The first-order valence-corrected chi connectivity index (χ1v) is 9.41. The normalized spacial score (nSPS) is 29.4. The van der Waals surface area contributed by atoms with Crippen molar-refractivity contribution in [3.05, 3.63) is 39.8 Å². The van der Waals surface area contributed by atoms with Crippen molar-refractivity contribution in [2.75, 3.05) is 11.9 Å². The van der Waals surface area contributed by atoms with Gasteiger partial charge in [0.15, 0.2) is 0 Å². The van der Waals surface area contributed by atoms with Gasteiger partial charge in [0.05, 0.1) is 22.5 Å². The monoisotopic (exact) mass is 422 g/mol. The summed E-state index contributed by atoms with van der Waals surface area (Å²) in [5, 5.41) is 3.14. The maximum absolute atomic E-state index is 12.6. The molecule has 5 nitrogen and oxygen atoms in total. The molecule has 1 saturated carbocycles. The van der Waals surface area contributed by atoms with Crippen molar-refractivity contribution in [2.24, 2.45) is 23.7 Å². The van der Waals surface area contributed by atoms with Gasteiger partial charge in [0, 0.05) is 17.4 Å². The predicted molar refractivity (Wildman–Crippen MR) is 96.8 cm³/mol. The van der Waals surface area contributed by atoms with Crippen LogP contribution in [0.15, 0.2) is 34.8 Å². The van der Waals surface area contributed by atoms with Gasteiger partial charge in [-0.1, -0.05) is 39.7 Å². The molecule has 3 aliphatic rings. The van der Waals surface area contributed by atoms with Gasteiger partial charge in [-0.05, 0) is 36.5 Å². The first-order valence-electron chi connectivity index (χ1n) is 8.24. The van der Waals surface area contributed by atoms with Gasteiger partial charge in [0.25, 0.3) is 0 Å².